The quantitative estimate of drug-likeness (QED) is 0.764. The van der Waals surface area contributed by atoms with Crippen molar-refractivity contribution in [3.63, 3.8) is 0 Å². The highest BCUT2D eigenvalue weighted by Gasteiger charge is 2.50. The Morgan fingerprint density at radius 2 is 2.09 bits per heavy atom. The van der Waals surface area contributed by atoms with Crippen LogP contribution in [0.1, 0.15) is 44.1 Å². The zero-order valence-corrected chi connectivity index (χ0v) is 13.2. The summed E-state index contributed by atoms with van der Waals surface area (Å²) in [7, 11) is 0. The molecule has 2 atom stereocenters. The van der Waals surface area contributed by atoms with E-state index in [0.717, 1.165) is 31.4 Å². The molecule has 0 spiro atoms. The summed E-state index contributed by atoms with van der Waals surface area (Å²) in [6, 6.07) is 9.88. The van der Waals surface area contributed by atoms with Crippen molar-refractivity contribution in [2.45, 2.75) is 50.7 Å². The third-order valence-corrected chi connectivity index (χ3v) is 5.32. The summed E-state index contributed by atoms with van der Waals surface area (Å²) in [6.45, 7) is 5.09. The third-order valence-electron chi connectivity index (χ3n) is 5.32. The molecule has 1 saturated heterocycles. The predicted molar refractivity (Wildman–Crippen MR) is 87.5 cm³/mol. The Kier molecular flexibility index (Phi) is 4.51. The summed E-state index contributed by atoms with van der Waals surface area (Å²) in [5, 5.41) is 0. The Morgan fingerprint density at radius 1 is 1.32 bits per heavy atom. The lowest BCUT2D eigenvalue weighted by atomic mass is 9.77. The second kappa shape index (κ2) is 6.55. The van der Waals surface area contributed by atoms with Crippen molar-refractivity contribution in [2.75, 3.05) is 6.54 Å². The van der Waals surface area contributed by atoms with Crippen molar-refractivity contribution in [2.24, 2.45) is 5.92 Å². The van der Waals surface area contributed by atoms with Crippen molar-refractivity contribution < 1.29 is 9.53 Å². The fourth-order valence-corrected chi connectivity index (χ4v) is 4.31. The number of hydrogen-bond donors (Lipinski definition) is 0. The molecular formula is C19H25NO2. The molecular weight excluding hydrogens is 274 g/mol. The van der Waals surface area contributed by atoms with Crippen LogP contribution in [0.25, 0.3) is 0 Å². The van der Waals surface area contributed by atoms with Gasteiger partial charge in [0.1, 0.15) is 6.61 Å². The van der Waals surface area contributed by atoms with Crippen LogP contribution in [0.2, 0.25) is 0 Å². The predicted octanol–water partition coefficient (Wildman–Crippen LogP) is 4.53. The maximum Gasteiger partial charge on any atom is 0.410 e. The van der Waals surface area contributed by atoms with E-state index < -0.39 is 0 Å². The fourth-order valence-electron chi connectivity index (χ4n) is 4.31. The minimum absolute atomic E-state index is 0.0340. The minimum Gasteiger partial charge on any atom is -0.445 e. The van der Waals surface area contributed by atoms with Gasteiger partial charge in [-0.05, 0) is 43.6 Å². The second-order valence-electron chi connectivity index (χ2n) is 6.52. The number of carbonyl (C=O) groups excluding carboxylic acids is 1. The molecule has 1 amide bonds. The van der Waals surface area contributed by atoms with Crippen molar-refractivity contribution in [3.8, 4) is 0 Å². The molecule has 1 aromatic rings. The molecule has 1 aromatic carbocycles. The molecule has 1 aliphatic heterocycles. The van der Waals surface area contributed by atoms with Crippen LogP contribution in [0.3, 0.4) is 0 Å². The first kappa shape index (κ1) is 15.1. The van der Waals surface area contributed by atoms with Gasteiger partial charge in [-0.15, -0.1) is 6.58 Å². The van der Waals surface area contributed by atoms with Gasteiger partial charge in [0.25, 0.3) is 0 Å². The highest BCUT2D eigenvalue weighted by molar-refractivity contribution is 5.69. The van der Waals surface area contributed by atoms with Crippen LogP contribution in [-0.4, -0.2) is 23.1 Å². The summed E-state index contributed by atoms with van der Waals surface area (Å²) < 4.78 is 5.60. The molecule has 3 rings (SSSR count). The Bertz CT molecular complexity index is 527. The van der Waals surface area contributed by atoms with E-state index in [0.29, 0.717) is 12.5 Å². The van der Waals surface area contributed by atoms with Gasteiger partial charge < -0.3 is 9.64 Å². The fraction of sp³-hybridized carbons (Fsp3) is 0.526. The van der Waals surface area contributed by atoms with E-state index in [2.05, 4.69) is 6.58 Å². The average molecular weight is 299 g/mol. The highest BCUT2D eigenvalue weighted by atomic mass is 16.6. The number of amides is 1. The van der Waals surface area contributed by atoms with Crippen LogP contribution in [0.4, 0.5) is 4.79 Å². The third kappa shape index (κ3) is 2.77. The summed E-state index contributed by atoms with van der Waals surface area (Å²) in [6.07, 6.45) is 8.55. The molecule has 1 saturated carbocycles. The van der Waals surface area contributed by atoms with E-state index in [9.17, 15) is 4.79 Å². The molecule has 0 bridgehead atoms. The molecule has 0 radical (unpaired) electrons. The molecule has 2 fully saturated rings. The smallest absolute Gasteiger partial charge is 0.410 e. The summed E-state index contributed by atoms with van der Waals surface area (Å²) in [4.78, 5) is 14.7. The Balaban J connectivity index is 1.71. The number of rotatable bonds is 4. The standard InChI is InChI=1S/C19H25NO2/c1-2-12-19-13-6-10-17(19)11-7-14-20(19)18(21)22-15-16-8-4-3-5-9-16/h2-5,8-9,17H,1,6-7,10-15H2/t17-,19-/m1/s1. The van der Waals surface area contributed by atoms with E-state index in [1.807, 2.05) is 41.3 Å². The molecule has 1 aliphatic carbocycles. The second-order valence-corrected chi connectivity index (χ2v) is 6.52. The van der Waals surface area contributed by atoms with Gasteiger partial charge in [0.2, 0.25) is 0 Å². The SMILES string of the molecule is C=CC[C@@]12CCC[C@@H]1CCCN2C(=O)OCc1ccccc1. The van der Waals surface area contributed by atoms with E-state index in [4.69, 9.17) is 4.74 Å². The lowest BCUT2D eigenvalue weighted by Gasteiger charge is -2.48. The molecule has 22 heavy (non-hydrogen) atoms. The van der Waals surface area contributed by atoms with E-state index >= 15 is 0 Å². The Hall–Kier alpha value is -1.77. The highest BCUT2D eigenvalue weighted by Crippen LogP contribution is 2.48. The molecule has 0 N–H and O–H groups in total. The van der Waals surface area contributed by atoms with Crippen LogP contribution in [0.15, 0.2) is 43.0 Å². The summed E-state index contributed by atoms with van der Waals surface area (Å²) >= 11 is 0. The van der Waals surface area contributed by atoms with Crippen molar-refractivity contribution in [3.05, 3.63) is 48.6 Å². The minimum atomic E-state index is -0.155. The average Bonchev–Trinajstić information content (AvgIpc) is 2.97. The molecule has 2 aliphatic rings. The first-order valence-electron chi connectivity index (χ1n) is 8.35. The monoisotopic (exact) mass is 299 g/mol. The van der Waals surface area contributed by atoms with Gasteiger partial charge in [-0.1, -0.05) is 42.8 Å². The van der Waals surface area contributed by atoms with Crippen molar-refractivity contribution in [1.29, 1.82) is 0 Å². The molecule has 3 heteroatoms. The van der Waals surface area contributed by atoms with E-state index in [1.54, 1.807) is 0 Å². The van der Waals surface area contributed by atoms with Gasteiger partial charge in [0, 0.05) is 6.54 Å². The first-order valence-corrected chi connectivity index (χ1v) is 8.35. The van der Waals surface area contributed by atoms with Crippen LogP contribution >= 0.6 is 0 Å². The number of nitrogens with zero attached hydrogens (tertiary/aromatic N) is 1. The van der Waals surface area contributed by atoms with Gasteiger partial charge in [-0.25, -0.2) is 4.79 Å². The number of hydrogen-bond acceptors (Lipinski definition) is 2. The number of ether oxygens (including phenoxy) is 1. The Morgan fingerprint density at radius 3 is 2.86 bits per heavy atom. The van der Waals surface area contributed by atoms with Crippen LogP contribution in [-0.2, 0) is 11.3 Å². The van der Waals surface area contributed by atoms with Crippen LogP contribution in [0, 0.1) is 5.92 Å². The summed E-state index contributed by atoms with van der Waals surface area (Å²) in [5.41, 5.74) is 1.00. The zero-order valence-electron chi connectivity index (χ0n) is 13.2. The lowest BCUT2D eigenvalue weighted by Crippen LogP contribution is -2.57. The summed E-state index contributed by atoms with van der Waals surface area (Å²) in [5.74, 6) is 0.614. The number of benzene rings is 1. The molecule has 0 unspecified atom stereocenters. The van der Waals surface area contributed by atoms with Gasteiger partial charge in [0.05, 0.1) is 5.54 Å². The van der Waals surface area contributed by atoms with Gasteiger partial charge in [-0.3, -0.25) is 0 Å². The van der Waals surface area contributed by atoms with E-state index in [1.165, 1.54) is 19.3 Å². The van der Waals surface area contributed by atoms with Gasteiger partial charge >= 0.3 is 6.09 Å². The molecule has 0 aromatic heterocycles. The number of fused-ring (bicyclic) bond motifs is 1. The number of piperidine rings is 1. The topological polar surface area (TPSA) is 29.5 Å². The van der Waals surface area contributed by atoms with E-state index in [-0.39, 0.29) is 11.6 Å². The molecule has 3 nitrogen and oxygen atoms in total. The first-order chi connectivity index (χ1) is 10.8. The van der Waals surface area contributed by atoms with Crippen LogP contribution in [0.5, 0.6) is 0 Å². The molecule has 1 heterocycles. The molecule has 118 valence electrons. The number of likely N-dealkylation sites (tertiary alicyclic amines) is 1. The maximum absolute atomic E-state index is 12.7. The normalized spacial score (nSPS) is 27.3. The maximum atomic E-state index is 12.7. The van der Waals surface area contributed by atoms with Crippen LogP contribution < -0.4 is 0 Å². The zero-order chi connectivity index (χ0) is 15.4. The largest absolute Gasteiger partial charge is 0.445 e. The van der Waals surface area contributed by atoms with Gasteiger partial charge in [0.15, 0.2) is 0 Å². The number of carbonyl (C=O) groups is 1. The van der Waals surface area contributed by atoms with Crippen molar-refractivity contribution >= 4 is 6.09 Å². The lowest BCUT2D eigenvalue weighted by molar-refractivity contribution is 0.00436. The van der Waals surface area contributed by atoms with Gasteiger partial charge in [-0.2, -0.15) is 0 Å². The van der Waals surface area contributed by atoms with Crippen molar-refractivity contribution in [1.82, 2.24) is 4.90 Å². The Labute approximate surface area is 133 Å².